The Balaban J connectivity index is 1.45. The molecule has 1 fully saturated rings. The average molecular weight is 344 g/mol. The summed E-state index contributed by atoms with van der Waals surface area (Å²) in [7, 11) is 0. The van der Waals surface area contributed by atoms with E-state index >= 15 is 0 Å². The fourth-order valence-electron chi connectivity index (χ4n) is 3.07. The Morgan fingerprint density at radius 3 is 2.84 bits per heavy atom. The number of likely N-dealkylation sites (tertiary alicyclic amines) is 1. The molecule has 0 aliphatic carbocycles. The fourth-order valence-corrected chi connectivity index (χ4v) is 3.07. The maximum atomic E-state index is 12.9. The maximum absolute atomic E-state index is 12.9. The van der Waals surface area contributed by atoms with Gasteiger partial charge in [-0.25, -0.2) is 9.37 Å². The van der Waals surface area contributed by atoms with E-state index in [4.69, 9.17) is 0 Å². The minimum Gasteiger partial charge on any atom is -0.352 e. The first kappa shape index (κ1) is 17.1. The zero-order valence-electron chi connectivity index (χ0n) is 13.9. The van der Waals surface area contributed by atoms with Crippen molar-refractivity contribution in [3.8, 4) is 0 Å². The van der Waals surface area contributed by atoms with Crippen LogP contribution in [0.3, 0.4) is 0 Å². The summed E-state index contributed by atoms with van der Waals surface area (Å²) in [5.41, 5.74) is 0.379. The summed E-state index contributed by atoms with van der Waals surface area (Å²) >= 11 is 0. The Hall–Kier alpha value is -2.70. The number of aromatic amines is 1. The molecule has 25 heavy (non-hydrogen) atoms. The second-order valence-corrected chi connectivity index (χ2v) is 6.17. The van der Waals surface area contributed by atoms with Crippen molar-refractivity contribution >= 4 is 11.8 Å². The van der Waals surface area contributed by atoms with Crippen molar-refractivity contribution in [2.45, 2.75) is 25.2 Å². The SMILES string of the molecule is O=C(NCCC(=O)N1CCC[C@@H](c2ncc[nH]2)C1)c1ccc(F)cc1. The van der Waals surface area contributed by atoms with Crippen molar-refractivity contribution in [2.24, 2.45) is 0 Å². The van der Waals surface area contributed by atoms with Crippen LogP contribution >= 0.6 is 0 Å². The number of hydrogen-bond donors (Lipinski definition) is 2. The van der Waals surface area contributed by atoms with Gasteiger partial charge in [0.1, 0.15) is 11.6 Å². The zero-order chi connectivity index (χ0) is 17.6. The largest absolute Gasteiger partial charge is 0.352 e. The lowest BCUT2D eigenvalue weighted by molar-refractivity contribution is -0.132. The third-order valence-electron chi connectivity index (χ3n) is 4.41. The molecule has 1 aromatic carbocycles. The highest BCUT2D eigenvalue weighted by Crippen LogP contribution is 2.24. The average Bonchev–Trinajstić information content (AvgIpc) is 3.17. The first-order valence-electron chi connectivity index (χ1n) is 8.44. The van der Waals surface area contributed by atoms with Gasteiger partial charge in [0.25, 0.3) is 5.91 Å². The van der Waals surface area contributed by atoms with Gasteiger partial charge < -0.3 is 15.2 Å². The quantitative estimate of drug-likeness (QED) is 0.872. The van der Waals surface area contributed by atoms with E-state index in [1.807, 2.05) is 4.90 Å². The van der Waals surface area contributed by atoms with Crippen LogP contribution in [0.1, 0.15) is 41.4 Å². The van der Waals surface area contributed by atoms with Crippen LogP contribution in [0.4, 0.5) is 4.39 Å². The Morgan fingerprint density at radius 2 is 2.12 bits per heavy atom. The van der Waals surface area contributed by atoms with Gasteiger partial charge in [0.2, 0.25) is 5.91 Å². The summed E-state index contributed by atoms with van der Waals surface area (Å²) in [5.74, 6) is 0.488. The van der Waals surface area contributed by atoms with E-state index in [1.165, 1.54) is 24.3 Å². The van der Waals surface area contributed by atoms with Gasteiger partial charge in [-0.3, -0.25) is 9.59 Å². The lowest BCUT2D eigenvalue weighted by atomic mass is 9.97. The number of nitrogens with one attached hydrogen (secondary N) is 2. The molecule has 1 atom stereocenters. The predicted molar refractivity (Wildman–Crippen MR) is 90.5 cm³/mol. The van der Waals surface area contributed by atoms with Gasteiger partial charge in [0.15, 0.2) is 0 Å². The first-order chi connectivity index (χ1) is 12.1. The number of imidazole rings is 1. The standard InChI is InChI=1S/C18H21FN4O2/c19-15-5-3-13(4-6-15)18(25)22-8-7-16(24)23-11-1-2-14(12-23)17-20-9-10-21-17/h3-6,9-10,14H,1-2,7-8,11-12H2,(H,20,21)(H,22,25)/t14-/m1/s1. The number of aromatic nitrogens is 2. The molecule has 1 aliphatic heterocycles. The Morgan fingerprint density at radius 1 is 1.32 bits per heavy atom. The summed E-state index contributed by atoms with van der Waals surface area (Å²) in [6.45, 7) is 1.65. The van der Waals surface area contributed by atoms with Crippen LogP contribution < -0.4 is 5.32 Å². The highest BCUT2D eigenvalue weighted by molar-refractivity contribution is 5.94. The number of rotatable bonds is 5. The highest BCUT2D eigenvalue weighted by atomic mass is 19.1. The van der Waals surface area contributed by atoms with Crippen molar-refractivity contribution in [3.05, 3.63) is 53.9 Å². The second kappa shape index (κ2) is 7.92. The van der Waals surface area contributed by atoms with Gasteiger partial charge >= 0.3 is 0 Å². The summed E-state index contributed by atoms with van der Waals surface area (Å²) in [5, 5.41) is 2.70. The minimum atomic E-state index is -0.386. The number of halogens is 1. The number of piperidine rings is 1. The Kier molecular flexibility index (Phi) is 5.42. The molecule has 0 radical (unpaired) electrons. The lowest BCUT2D eigenvalue weighted by Gasteiger charge is -2.32. The highest BCUT2D eigenvalue weighted by Gasteiger charge is 2.25. The van der Waals surface area contributed by atoms with E-state index < -0.39 is 0 Å². The van der Waals surface area contributed by atoms with Gasteiger partial charge in [-0.1, -0.05) is 0 Å². The van der Waals surface area contributed by atoms with E-state index in [1.54, 1.807) is 12.4 Å². The van der Waals surface area contributed by atoms with Crippen LogP contribution in [0.15, 0.2) is 36.7 Å². The van der Waals surface area contributed by atoms with Crippen LogP contribution in [0.25, 0.3) is 0 Å². The fraction of sp³-hybridized carbons (Fsp3) is 0.389. The van der Waals surface area contributed by atoms with E-state index in [2.05, 4.69) is 15.3 Å². The third-order valence-corrected chi connectivity index (χ3v) is 4.41. The third kappa shape index (κ3) is 4.43. The van der Waals surface area contributed by atoms with Crippen LogP contribution in [0, 0.1) is 5.82 Å². The van der Waals surface area contributed by atoms with Crippen molar-refractivity contribution in [2.75, 3.05) is 19.6 Å². The van der Waals surface area contributed by atoms with Crippen LogP contribution in [0.2, 0.25) is 0 Å². The van der Waals surface area contributed by atoms with E-state index in [-0.39, 0.29) is 36.5 Å². The molecule has 2 aromatic rings. The molecule has 0 spiro atoms. The molecule has 6 nitrogen and oxygen atoms in total. The van der Waals surface area contributed by atoms with Gasteiger partial charge in [0, 0.05) is 49.9 Å². The minimum absolute atomic E-state index is 0.0238. The number of H-pyrrole nitrogens is 1. The van der Waals surface area contributed by atoms with Crippen LogP contribution in [-0.2, 0) is 4.79 Å². The van der Waals surface area contributed by atoms with Gasteiger partial charge in [-0.2, -0.15) is 0 Å². The number of amides is 2. The van der Waals surface area contributed by atoms with E-state index in [0.29, 0.717) is 12.1 Å². The van der Waals surface area contributed by atoms with Crippen molar-refractivity contribution in [1.29, 1.82) is 0 Å². The Bertz CT molecular complexity index is 715. The first-order valence-corrected chi connectivity index (χ1v) is 8.44. The van der Waals surface area contributed by atoms with Gasteiger partial charge in [-0.05, 0) is 37.1 Å². The Labute approximate surface area is 145 Å². The molecule has 1 aliphatic rings. The molecule has 132 valence electrons. The number of carbonyl (C=O) groups excluding carboxylic acids is 2. The topological polar surface area (TPSA) is 78.1 Å². The molecule has 0 bridgehead atoms. The van der Waals surface area contributed by atoms with Crippen molar-refractivity contribution < 1.29 is 14.0 Å². The normalized spacial score (nSPS) is 17.3. The number of hydrogen-bond acceptors (Lipinski definition) is 3. The second-order valence-electron chi connectivity index (χ2n) is 6.17. The summed E-state index contributed by atoms with van der Waals surface area (Å²) in [6, 6.07) is 5.32. The monoisotopic (exact) mass is 344 g/mol. The molecular formula is C18H21FN4O2. The molecule has 1 aromatic heterocycles. The summed E-state index contributed by atoms with van der Waals surface area (Å²) < 4.78 is 12.9. The molecule has 0 saturated carbocycles. The number of nitrogens with zero attached hydrogens (tertiary/aromatic N) is 2. The maximum Gasteiger partial charge on any atom is 0.251 e. The summed E-state index contributed by atoms with van der Waals surface area (Å²) in [6.07, 6.45) is 5.72. The molecule has 2 amide bonds. The predicted octanol–water partition coefficient (Wildman–Crippen LogP) is 2.07. The van der Waals surface area contributed by atoms with Gasteiger partial charge in [-0.15, -0.1) is 0 Å². The number of carbonyl (C=O) groups is 2. The molecule has 2 N–H and O–H groups in total. The van der Waals surface area contributed by atoms with E-state index in [9.17, 15) is 14.0 Å². The molecule has 0 unspecified atom stereocenters. The zero-order valence-corrected chi connectivity index (χ0v) is 13.9. The molecule has 3 rings (SSSR count). The lowest BCUT2D eigenvalue weighted by Crippen LogP contribution is -2.40. The van der Waals surface area contributed by atoms with Crippen LogP contribution in [0.5, 0.6) is 0 Å². The van der Waals surface area contributed by atoms with E-state index in [0.717, 1.165) is 25.2 Å². The molecule has 7 heteroatoms. The van der Waals surface area contributed by atoms with Crippen molar-refractivity contribution in [1.82, 2.24) is 20.2 Å². The molecular weight excluding hydrogens is 323 g/mol. The molecule has 2 heterocycles. The van der Waals surface area contributed by atoms with Crippen LogP contribution in [-0.4, -0.2) is 46.3 Å². The smallest absolute Gasteiger partial charge is 0.251 e. The summed E-state index contributed by atoms with van der Waals surface area (Å²) in [4.78, 5) is 33.6. The number of benzene rings is 1. The van der Waals surface area contributed by atoms with Crippen molar-refractivity contribution in [3.63, 3.8) is 0 Å². The molecule has 1 saturated heterocycles. The van der Waals surface area contributed by atoms with Gasteiger partial charge in [0.05, 0.1) is 0 Å².